The van der Waals surface area contributed by atoms with Gasteiger partial charge in [-0.2, -0.15) is 0 Å². The van der Waals surface area contributed by atoms with Crippen molar-refractivity contribution in [1.29, 1.82) is 0 Å². The van der Waals surface area contributed by atoms with Gasteiger partial charge in [-0.1, -0.05) is 26.3 Å². The first-order valence-electron chi connectivity index (χ1n) is 7.70. The van der Waals surface area contributed by atoms with Gasteiger partial charge in [-0.25, -0.2) is 4.79 Å². The van der Waals surface area contributed by atoms with Crippen molar-refractivity contribution in [3.63, 3.8) is 0 Å². The standard InChI is InChI=1S/C17H24N2O4/c1-5-11(3)14(17(22)23)18-15(20)12-8-7-9-13(10-12)16(21)19(4)6-2/h7-11,14H,5-6H2,1-4H3,(H,18,20)(H,22,23)/t11-,14-/m0/s1. The van der Waals surface area contributed by atoms with Crippen LogP contribution in [0.3, 0.4) is 0 Å². The van der Waals surface area contributed by atoms with E-state index in [0.29, 0.717) is 18.5 Å². The third-order valence-corrected chi connectivity index (χ3v) is 3.96. The van der Waals surface area contributed by atoms with Crippen molar-refractivity contribution in [2.24, 2.45) is 5.92 Å². The molecule has 0 bridgehead atoms. The van der Waals surface area contributed by atoms with E-state index in [9.17, 15) is 19.5 Å². The largest absolute Gasteiger partial charge is 0.480 e. The van der Waals surface area contributed by atoms with E-state index < -0.39 is 17.9 Å². The summed E-state index contributed by atoms with van der Waals surface area (Å²) in [6.45, 7) is 6.06. The zero-order chi connectivity index (χ0) is 17.6. The molecule has 2 amide bonds. The fourth-order valence-corrected chi connectivity index (χ4v) is 2.07. The summed E-state index contributed by atoms with van der Waals surface area (Å²) in [5.74, 6) is -1.93. The van der Waals surface area contributed by atoms with E-state index >= 15 is 0 Å². The van der Waals surface area contributed by atoms with Crippen molar-refractivity contribution in [1.82, 2.24) is 10.2 Å². The van der Waals surface area contributed by atoms with Gasteiger partial charge in [-0.15, -0.1) is 0 Å². The van der Waals surface area contributed by atoms with Crippen LogP contribution in [0.5, 0.6) is 0 Å². The molecular formula is C17H24N2O4. The Morgan fingerprint density at radius 2 is 1.83 bits per heavy atom. The van der Waals surface area contributed by atoms with Crippen LogP contribution in [0.1, 0.15) is 47.9 Å². The molecule has 2 N–H and O–H groups in total. The third-order valence-electron chi connectivity index (χ3n) is 3.96. The Morgan fingerprint density at radius 3 is 2.35 bits per heavy atom. The molecule has 0 heterocycles. The summed E-state index contributed by atoms with van der Waals surface area (Å²) >= 11 is 0. The average Bonchev–Trinajstić information content (AvgIpc) is 2.57. The summed E-state index contributed by atoms with van der Waals surface area (Å²) < 4.78 is 0. The quantitative estimate of drug-likeness (QED) is 0.804. The number of nitrogens with one attached hydrogen (secondary N) is 1. The highest BCUT2D eigenvalue weighted by molar-refractivity contribution is 6.00. The molecular weight excluding hydrogens is 296 g/mol. The molecule has 0 saturated carbocycles. The Kier molecular flexibility index (Phi) is 6.75. The second-order valence-electron chi connectivity index (χ2n) is 5.58. The summed E-state index contributed by atoms with van der Waals surface area (Å²) in [5, 5.41) is 11.8. The number of amides is 2. The van der Waals surface area contributed by atoms with Crippen molar-refractivity contribution in [3.8, 4) is 0 Å². The van der Waals surface area contributed by atoms with Gasteiger partial charge < -0.3 is 15.3 Å². The molecule has 0 unspecified atom stereocenters. The molecule has 1 rings (SSSR count). The minimum Gasteiger partial charge on any atom is -0.480 e. The van der Waals surface area contributed by atoms with E-state index in [-0.39, 0.29) is 17.4 Å². The van der Waals surface area contributed by atoms with Crippen LogP contribution in [-0.2, 0) is 4.79 Å². The van der Waals surface area contributed by atoms with E-state index in [1.54, 1.807) is 32.2 Å². The van der Waals surface area contributed by atoms with Crippen LogP contribution in [0, 0.1) is 5.92 Å². The molecule has 0 aliphatic heterocycles. The summed E-state index contributed by atoms with van der Waals surface area (Å²) in [5.41, 5.74) is 0.673. The van der Waals surface area contributed by atoms with Crippen LogP contribution in [0.2, 0.25) is 0 Å². The first kappa shape index (κ1) is 18.7. The monoisotopic (exact) mass is 320 g/mol. The van der Waals surface area contributed by atoms with Gasteiger partial charge in [-0.3, -0.25) is 9.59 Å². The van der Waals surface area contributed by atoms with Gasteiger partial charge in [0.1, 0.15) is 6.04 Å². The maximum Gasteiger partial charge on any atom is 0.326 e. The molecule has 6 heteroatoms. The smallest absolute Gasteiger partial charge is 0.326 e. The first-order valence-corrected chi connectivity index (χ1v) is 7.70. The predicted octanol–water partition coefficient (Wildman–Crippen LogP) is 2.01. The molecule has 1 aromatic rings. The molecule has 0 aliphatic carbocycles. The van der Waals surface area contributed by atoms with Crippen LogP contribution < -0.4 is 5.32 Å². The Labute approximate surface area is 136 Å². The molecule has 0 saturated heterocycles. The van der Waals surface area contributed by atoms with Crippen LogP contribution in [0.25, 0.3) is 0 Å². The third kappa shape index (κ3) is 4.81. The van der Waals surface area contributed by atoms with Crippen molar-refractivity contribution >= 4 is 17.8 Å². The first-order chi connectivity index (χ1) is 10.8. The average molecular weight is 320 g/mol. The number of carboxylic acid groups (broad SMARTS) is 1. The maximum absolute atomic E-state index is 12.3. The van der Waals surface area contributed by atoms with Crippen molar-refractivity contribution in [3.05, 3.63) is 35.4 Å². The second-order valence-corrected chi connectivity index (χ2v) is 5.58. The molecule has 1 aromatic carbocycles. The molecule has 2 atom stereocenters. The number of hydrogen-bond acceptors (Lipinski definition) is 3. The summed E-state index contributed by atoms with van der Waals surface area (Å²) in [7, 11) is 1.68. The van der Waals surface area contributed by atoms with Crippen LogP contribution >= 0.6 is 0 Å². The fraction of sp³-hybridized carbons (Fsp3) is 0.471. The highest BCUT2D eigenvalue weighted by Gasteiger charge is 2.26. The summed E-state index contributed by atoms with van der Waals surface area (Å²) in [4.78, 5) is 37.3. The molecule has 0 fully saturated rings. The number of hydrogen-bond donors (Lipinski definition) is 2. The Bertz CT molecular complexity index is 586. The highest BCUT2D eigenvalue weighted by atomic mass is 16.4. The van der Waals surface area contributed by atoms with E-state index in [1.807, 2.05) is 13.8 Å². The van der Waals surface area contributed by atoms with Gasteiger partial charge in [0, 0.05) is 24.7 Å². The number of benzene rings is 1. The fourth-order valence-electron chi connectivity index (χ4n) is 2.07. The van der Waals surface area contributed by atoms with Crippen LogP contribution in [0.15, 0.2) is 24.3 Å². The number of carbonyl (C=O) groups excluding carboxylic acids is 2. The molecule has 0 aromatic heterocycles. The number of carbonyl (C=O) groups is 3. The number of rotatable bonds is 7. The SMILES string of the molecule is CC[C@H](C)[C@H](NC(=O)c1cccc(C(=O)N(C)CC)c1)C(=O)O. The minimum atomic E-state index is -1.06. The number of carboxylic acids is 1. The lowest BCUT2D eigenvalue weighted by molar-refractivity contribution is -0.140. The van der Waals surface area contributed by atoms with E-state index in [4.69, 9.17) is 0 Å². The number of aliphatic carboxylic acids is 1. The maximum atomic E-state index is 12.3. The lowest BCUT2D eigenvalue weighted by atomic mass is 9.98. The molecule has 6 nitrogen and oxygen atoms in total. The van der Waals surface area contributed by atoms with Gasteiger partial charge in [0.25, 0.3) is 11.8 Å². The van der Waals surface area contributed by atoms with E-state index in [2.05, 4.69) is 5.32 Å². The second kappa shape index (κ2) is 8.31. The van der Waals surface area contributed by atoms with Crippen molar-refractivity contribution in [2.75, 3.05) is 13.6 Å². The topological polar surface area (TPSA) is 86.7 Å². The molecule has 23 heavy (non-hydrogen) atoms. The molecule has 0 aliphatic rings. The Hall–Kier alpha value is -2.37. The number of nitrogens with zero attached hydrogens (tertiary/aromatic N) is 1. The van der Waals surface area contributed by atoms with Crippen molar-refractivity contribution in [2.45, 2.75) is 33.2 Å². The van der Waals surface area contributed by atoms with Gasteiger partial charge in [0.2, 0.25) is 0 Å². The normalized spacial score (nSPS) is 13.0. The lowest BCUT2D eigenvalue weighted by Crippen LogP contribution is -2.45. The van der Waals surface area contributed by atoms with Gasteiger partial charge in [0.15, 0.2) is 0 Å². The summed E-state index contributed by atoms with van der Waals surface area (Å²) in [6.07, 6.45) is 0.636. The van der Waals surface area contributed by atoms with Gasteiger partial charge >= 0.3 is 5.97 Å². The zero-order valence-electron chi connectivity index (χ0n) is 14.0. The Morgan fingerprint density at radius 1 is 1.22 bits per heavy atom. The van der Waals surface area contributed by atoms with Gasteiger partial charge in [-0.05, 0) is 31.0 Å². The van der Waals surface area contributed by atoms with E-state index in [0.717, 1.165) is 0 Å². The van der Waals surface area contributed by atoms with Crippen molar-refractivity contribution < 1.29 is 19.5 Å². The molecule has 0 radical (unpaired) electrons. The molecule has 0 spiro atoms. The zero-order valence-corrected chi connectivity index (χ0v) is 14.0. The molecule has 126 valence electrons. The summed E-state index contributed by atoms with van der Waals surface area (Å²) in [6, 6.07) is 5.34. The van der Waals surface area contributed by atoms with E-state index in [1.165, 1.54) is 11.0 Å². The van der Waals surface area contributed by atoms with Crippen LogP contribution in [0.4, 0.5) is 0 Å². The Balaban J connectivity index is 2.96. The van der Waals surface area contributed by atoms with Crippen LogP contribution in [-0.4, -0.2) is 47.4 Å². The minimum absolute atomic E-state index is 0.182. The lowest BCUT2D eigenvalue weighted by Gasteiger charge is -2.20. The predicted molar refractivity (Wildman–Crippen MR) is 87.4 cm³/mol. The van der Waals surface area contributed by atoms with Gasteiger partial charge in [0.05, 0.1) is 0 Å². The highest BCUT2D eigenvalue weighted by Crippen LogP contribution is 2.11.